The van der Waals surface area contributed by atoms with Gasteiger partial charge in [-0.2, -0.15) is 0 Å². The lowest BCUT2D eigenvalue weighted by Crippen LogP contribution is -2.37. The second kappa shape index (κ2) is 9.66. The van der Waals surface area contributed by atoms with E-state index < -0.39 is 0 Å². The summed E-state index contributed by atoms with van der Waals surface area (Å²) >= 11 is 6.12. The first-order chi connectivity index (χ1) is 13.9. The van der Waals surface area contributed by atoms with Gasteiger partial charge in [0.25, 0.3) is 0 Å². The van der Waals surface area contributed by atoms with Crippen molar-refractivity contribution in [3.05, 3.63) is 88.7 Å². The Labute approximate surface area is 178 Å². The molecule has 0 aliphatic carbocycles. The standard InChI is InChI=1S/C24H28ClN3O/c1-18(2)15-28(24(29)26-22-11-9-19(3)10-12-22)17-23-8-5-13-27(23)16-20-6-4-7-21(25)14-20/h4-14,18H,15-17H2,1-3H3,(H,26,29). The fourth-order valence-corrected chi connectivity index (χ4v) is 3.49. The molecule has 152 valence electrons. The highest BCUT2D eigenvalue weighted by Gasteiger charge is 2.17. The first kappa shape index (κ1) is 21.0. The smallest absolute Gasteiger partial charge is 0.322 e. The Balaban J connectivity index is 1.74. The van der Waals surface area contributed by atoms with Gasteiger partial charge in [0.15, 0.2) is 0 Å². The number of aryl methyl sites for hydroxylation is 1. The minimum atomic E-state index is -0.0851. The molecule has 29 heavy (non-hydrogen) atoms. The van der Waals surface area contributed by atoms with E-state index >= 15 is 0 Å². The zero-order chi connectivity index (χ0) is 20.8. The highest BCUT2D eigenvalue weighted by atomic mass is 35.5. The molecule has 1 heterocycles. The summed E-state index contributed by atoms with van der Waals surface area (Å²) in [5, 5.41) is 3.76. The van der Waals surface area contributed by atoms with Crippen molar-refractivity contribution in [2.45, 2.75) is 33.9 Å². The maximum absolute atomic E-state index is 13.0. The average molecular weight is 410 g/mol. The number of carbonyl (C=O) groups is 1. The molecule has 0 radical (unpaired) electrons. The van der Waals surface area contributed by atoms with E-state index in [-0.39, 0.29) is 6.03 Å². The third-order valence-corrected chi connectivity index (χ3v) is 4.93. The van der Waals surface area contributed by atoms with Crippen LogP contribution in [0.25, 0.3) is 0 Å². The monoisotopic (exact) mass is 409 g/mol. The summed E-state index contributed by atoms with van der Waals surface area (Å²) in [5.41, 5.74) is 4.20. The molecule has 0 spiro atoms. The lowest BCUT2D eigenvalue weighted by molar-refractivity contribution is 0.200. The van der Waals surface area contributed by atoms with Crippen LogP contribution in [-0.2, 0) is 13.1 Å². The molecule has 3 aromatic rings. The SMILES string of the molecule is Cc1ccc(NC(=O)N(Cc2cccn2Cc2cccc(Cl)c2)CC(C)C)cc1. The molecule has 5 heteroatoms. The van der Waals surface area contributed by atoms with Crippen molar-refractivity contribution in [2.24, 2.45) is 5.92 Å². The second-order valence-electron chi connectivity index (χ2n) is 7.83. The van der Waals surface area contributed by atoms with Crippen LogP contribution in [0.1, 0.15) is 30.7 Å². The molecule has 1 N–H and O–H groups in total. The third-order valence-electron chi connectivity index (χ3n) is 4.69. The van der Waals surface area contributed by atoms with E-state index in [1.54, 1.807) is 0 Å². The summed E-state index contributed by atoms with van der Waals surface area (Å²) in [6.45, 7) is 8.22. The van der Waals surface area contributed by atoms with Gasteiger partial charge >= 0.3 is 6.03 Å². The number of aromatic nitrogens is 1. The number of amides is 2. The zero-order valence-corrected chi connectivity index (χ0v) is 18.0. The predicted molar refractivity (Wildman–Crippen MR) is 120 cm³/mol. The second-order valence-corrected chi connectivity index (χ2v) is 8.26. The number of nitrogens with one attached hydrogen (secondary N) is 1. The predicted octanol–water partition coefficient (Wildman–Crippen LogP) is 6.19. The molecular formula is C24H28ClN3O. The molecule has 3 rings (SSSR count). The summed E-state index contributed by atoms with van der Waals surface area (Å²) < 4.78 is 2.16. The highest BCUT2D eigenvalue weighted by molar-refractivity contribution is 6.30. The number of hydrogen-bond donors (Lipinski definition) is 1. The van der Waals surface area contributed by atoms with Gasteiger partial charge in [0.2, 0.25) is 0 Å². The van der Waals surface area contributed by atoms with Crippen molar-refractivity contribution in [1.82, 2.24) is 9.47 Å². The Hall–Kier alpha value is -2.72. The highest BCUT2D eigenvalue weighted by Crippen LogP contribution is 2.16. The maximum atomic E-state index is 13.0. The summed E-state index contributed by atoms with van der Waals surface area (Å²) in [6, 6.07) is 19.7. The summed E-state index contributed by atoms with van der Waals surface area (Å²) in [6.07, 6.45) is 2.04. The first-order valence-electron chi connectivity index (χ1n) is 9.92. The average Bonchev–Trinajstić information content (AvgIpc) is 3.09. The number of hydrogen-bond acceptors (Lipinski definition) is 1. The van der Waals surface area contributed by atoms with Gasteiger partial charge in [-0.05, 0) is 54.8 Å². The van der Waals surface area contributed by atoms with Crippen LogP contribution < -0.4 is 5.32 Å². The molecule has 0 aliphatic heterocycles. The Morgan fingerprint density at radius 2 is 1.86 bits per heavy atom. The minimum Gasteiger partial charge on any atom is -0.345 e. The Morgan fingerprint density at radius 3 is 2.55 bits per heavy atom. The van der Waals surface area contributed by atoms with Crippen molar-refractivity contribution in [1.29, 1.82) is 0 Å². The molecule has 0 unspecified atom stereocenters. The molecule has 2 amide bonds. The van der Waals surface area contributed by atoms with E-state index in [1.807, 2.05) is 66.6 Å². The van der Waals surface area contributed by atoms with E-state index in [9.17, 15) is 4.79 Å². The first-order valence-corrected chi connectivity index (χ1v) is 10.3. The van der Waals surface area contributed by atoms with Gasteiger partial charge in [-0.1, -0.05) is 55.3 Å². The van der Waals surface area contributed by atoms with Crippen molar-refractivity contribution in [2.75, 3.05) is 11.9 Å². The number of halogens is 1. The van der Waals surface area contributed by atoms with Crippen LogP contribution in [0.5, 0.6) is 0 Å². The van der Waals surface area contributed by atoms with E-state index in [4.69, 9.17) is 11.6 Å². The van der Waals surface area contributed by atoms with E-state index in [0.717, 1.165) is 28.5 Å². The third kappa shape index (κ3) is 6.13. The van der Waals surface area contributed by atoms with Crippen LogP contribution in [-0.4, -0.2) is 22.0 Å². The van der Waals surface area contributed by atoms with Crippen LogP contribution >= 0.6 is 11.6 Å². The molecule has 4 nitrogen and oxygen atoms in total. The number of nitrogens with zero attached hydrogens (tertiary/aromatic N) is 2. The Bertz CT molecular complexity index is 947. The van der Waals surface area contributed by atoms with Crippen molar-refractivity contribution >= 4 is 23.3 Å². The quantitative estimate of drug-likeness (QED) is 0.496. The summed E-state index contributed by atoms with van der Waals surface area (Å²) in [5.74, 6) is 0.370. The molecule has 0 saturated heterocycles. The number of benzene rings is 2. The lowest BCUT2D eigenvalue weighted by atomic mass is 10.2. The van der Waals surface area contributed by atoms with E-state index in [1.165, 1.54) is 5.56 Å². The van der Waals surface area contributed by atoms with Gasteiger partial charge in [0.05, 0.1) is 6.54 Å². The number of carbonyl (C=O) groups excluding carboxylic acids is 1. The Morgan fingerprint density at radius 1 is 1.10 bits per heavy atom. The summed E-state index contributed by atoms with van der Waals surface area (Å²) in [7, 11) is 0. The Kier molecular flexibility index (Phi) is 6.99. The van der Waals surface area contributed by atoms with Crippen LogP contribution in [0.15, 0.2) is 66.9 Å². The van der Waals surface area contributed by atoms with Crippen molar-refractivity contribution < 1.29 is 4.79 Å². The summed E-state index contributed by atoms with van der Waals surface area (Å²) in [4.78, 5) is 14.8. The van der Waals surface area contributed by atoms with Gasteiger partial charge in [0, 0.05) is 35.7 Å². The molecule has 0 bridgehead atoms. The van der Waals surface area contributed by atoms with Crippen LogP contribution in [0.4, 0.5) is 10.5 Å². The molecule has 0 fully saturated rings. The zero-order valence-electron chi connectivity index (χ0n) is 17.2. The normalized spacial score (nSPS) is 10.9. The van der Waals surface area contributed by atoms with E-state index in [2.05, 4.69) is 35.9 Å². The van der Waals surface area contributed by atoms with Gasteiger partial charge < -0.3 is 14.8 Å². The topological polar surface area (TPSA) is 37.3 Å². The lowest BCUT2D eigenvalue weighted by Gasteiger charge is -2.26. The van der Waals surface area contributed by atoms with Crippen molar-refractivity contribution in [3.63, 3.8) is 0 Å². The molecular weight excluding hydrogens is 382 g/mol. The van der Waals surface area contributed by atoms with Gasteiger partial charge in [-0.3, -0.25) is 0 Å². The van der Waals surface area contributed by atoms with Crippen LogP contribution in [0.3, 0.4) is 0 Å². The van der Waals surface area contributed by atoms with E-state index in [0.29, 0.717) is 19.0 Å². The number of anilines is 1. The fourth-order valence-electron chi connectivity index (χ4n) is 3.27. The van der Waals surface area contributed by atoms with Gasteiger partial charge in [-0.25, -0.2) is 4.79 Å². The van der Waals surface area contributed by atoms with Crippen LogP contribution in [0.2, 0.25) is 5.02 Å². The maximum Gasteiger partial charge on any atom is 0.322 e. The number of rotatable bonds is 7. The molecule has 0 saturated carbocycles. The number of urea groups is 1. The fraction of sp³-hybridized carbons (Fsp3) is 0.292. The molecule has 2 aromatic carbocycles. The van der Waals surface area contributed by atoms with Crippen molar-refractivity contribution in [3.8, 4) is 0 Å². The van der Waals surface area contributed by atoms with Crippen LogP contribution in [0, 0.1) is 12.8 Å². The van der Waals surface area contributed by atoms with Gasteiger partial charge in [-0.15, -0.1) is 0 Å². The molecule has 0 aliphatic rings. The molecule has 1 aromatic heterocycles. The minimum absolute atomic E-state index is 0.0851. The largest absolute Gasteiger partial charge is 0.345 e. The van der Waals surface area contributed by atoms with Gasteiger partial charge in [0.1, 0.15) is 0 Å². The molecule has 0 atom stereocenters.